The molecule has 0 unspecified atom stereocenters. The highest BCUT2D eigenvalue weighted by Crippen LogP contribution is 2.30. The monoisotopic (exact) mass is 444 g/mol. The Hall–Kier alpha value is -3.84. The molecule has 0 radical (unpaired) electrons. The Morgan fingerprint density at radius 3 is 2.56 bits per heavy atom. The van der Waals surface area contributed by atoms with Gasteiger partial charge in [0, 0.05) is 0 Å². The number of carboxylic acid groups (broad SMARTS) is 1. The van der Waals surface area contributed by atoms with Crippen LogP contribution >= 0.6 is 11.8 Å². The molecule has 3 aromatic rings. The Balaban J connectivity index is 1.53. The number of carbonyl (C=O) groups is 2. The molecule has 1 aliphatic heterocycles. The fraction of sp³-hybridized carbons (Fsp3) is 0.0800. The van der Waals surface area contributed by atoms with E-state index in [-0.39, 0.29) is 23.8 Å². The number of ether oxygens (including phenoxy) is 1. The molecule has 0 aromatic heterocycles. The summed E-state index contributed by atoms with van der Waals surface area (Å²) < 4.78 is 5.72. The molecule has 4 rings (SSSR count). The summed E-state index contributed by atoms with van der Waals surface area (Å²) in [5.74, 6) is -1.10. The number of aromatic carboxylic acids is 1. The number of amides is 1. The van der Waals surface area contributed by atoms with Crippen LogP contribution in [-0.4, -0.2) is 22.2 Å². The standard InChI is InChI=1S/C25H20N2O4S/c1-16-7-10-19(11-8-16)26-25-27-23(28)22(32-25)14-18-9-12-21(20(13-18)24(29)30)31-15-17-5-3-2-4-6-17/h2-14H,15H2,1H3,(H,29,30)(H,26,27,28)/b22-14-. The van der Waals surface area contributed by atoms with Crippen molar-refractivity contribution < 1.29 is 19.4 Å². The number of nitrogens with zero attached hydrogens (tertiary/aromatic N) is 1. The number of hydrogen-bond donors (Lipinski definition) is 2. The average molecular weight is 445 g/mol. The molecule has 1 saturated heterocycles. The van der Waals surface area contributed by atoms with E-state index >= 15 is 0 Å². The molecule has 0 bridgehead atoms. The van der Waals surface area contributed by atoms with Crippen LogP contribution in [0.15, 0.2) is 82.7 Å². The summed E-state index contributed by atoms with van der Waals surface area (Å²) in [5, 5.41) is 12.8. The quantitative estimate of drug-likeness (QED) is 0.513. The summed E-state index contributed by atoms with van der Waals surface area (Å²) in [6.07, 6.45) is 1.64. The molecular weight excluding hydrogens is 424 g/mol. The second kappa shape index (κ2) is 9.53. The van der Waals surface area contributed by atoms with Crippen LogP contribution in [0.1, 0.15) is 27.0 Å². The molecular formula is C25H20N2O4S. The average Bonchev–Trinajstić information content (AvgIpc) is 3.13. The van der Waals surface area contributed by atoms with Gasteiger partial charge in [-0.3, -0.25) is 4.79 Å². The zero-order chi connectivity index (χ0) is 22.5. The molecule has 2 N–H and O–H groups in total. The number of thioether (sulfide) groups is 1. The fourth-order valence-corrected chi connectivity index (χ4v) is 3.88. The summed E-state index contributed by atoms with van der Waals surface area (Å²) in [6.45, 7) is 2.26. The number of aliphatic imine (C=N–C) groups is 1. The van der Waals surface area contributed by atoms with Crippen molar-refractivity contribution in [2.45, 2.75) is 13.5 Å². The van der Waals surface area contributed by atoms with Crippen molar-refractivity contribution in [1.29, 1.82) is 0 Å². The van der Waals surface area contributed by atoms with E-state index in [2.05, 4.69) is 10.3 Å². The third-order valence-corrected chi connectivity index (χ3v) is 5.59. The predicted octanol–water partition coefficient (Wildman–Crippen LogP) is 5.16. The van der Waals surface area contributed by atoms with E-state index in [0.29, 0.717) is 15.6 Å². The largest absolute Gasteiger partial charge is 0.488 e. The summed E-state index contributed by atoms with van der Waals surface area (Å²) in [7, 11) is 0. The van der Waals surface area contributed by atoms with Gasteiger partial charge in [-0.15, -0.1) is 0 Å². The lowest BCUT2D eigenvalue weighted by Gasteiger charge is -2.10. The molecule has 0 spiro atoms. The number of rotatable bonds is 6. The minimum absolute atomic E-state index is 0.0345. The molecule has 160 valence electrons. The normalized spacial score (nSPS) is 15.7. The molecule has 1 fully saturated rings. The predicted molar refractivity (Wildman–Crippen MR) is 126 cm³/mol. The topological polar surface area (TPSA) is 88.0 Å². The molecule has 7 heteroatoms. The summed E-state index contributed by atoms with van der Waals surface area (Å²) in [5.41, 5.74) is 3.43. The van der Waals surface area contributed by atoms with Crippen LogP contribution in [0.3, 0.4) is 0 Å². The highest BCUT2D eigenvalue weighted by Gasteiger charge is 2.24. The maximum Gasteiger partial charge on any atom is 0.339 e. The number of nitrogens with one attached hydrogen (secondary N) is 1. The zero-order valence-electron chi connectivity index (χ0n) is 17.2. The second-order valence-electron chi connectivity index (χ2n) is 7.15. The SMILES string of the molecule is Cc1ccc(N=C2NC(=O)/C(=C/c3ccc(OCc4ccccc4)c(C(=O)O)c3)S2)cc1. The van der Waals surface area contributed by atoms with E-state index in [1.54, 1.807) is 18.2 Å². The van der Waals surface area contributed by atoms with Crippen molar-refractivity contribution in [1.82, 2.24) is 5.32 Å². The number of amidine groups is 1. The van der Waals surface area contributed by atoms with E-state index in [1.165, 1.54) is 17.8 Å². The second-order valence-corrected chi connectivity index (χ2v) is 8.18. The molecule has 32 heavy (non-hydrogen) atoms. The van der Waals surface area contributed by atoms with E-state index < -0.39 is 5.97 Å². The van der Waals surface area contributed by atoms with Crippen LogP contribution < -0.4 is 10.1 Å². The number of hydrogen-bond acceptors (Lipinski definition) is 5. The maximum atomic E-state index is 12.4. The molecule has 0 atom stereocenters. The molecule has 1 heterocycles. The van der Waals surface area contributed by atoms with Gasteiger partial charge in [0.15, 0.2) is 5.17 Å². The fourth-order valence-electron chi connectivity index (χ4n) is 3.03. The lowest BCUT2D eigenvalue weighted by molar-refractivity contribution is -0.115. The first-order valence-electron chi connectivity index (χ1n) is 9.88. The highest BCUT2D eigenvalue weighted by atomic mass is 32.2. The van der Waals surface area contributed by atoms with E-state index in [4.69, 9.17) is 4.74 Å². The van der Waals surface area contributed by atoms with Gasteiger partial charge in [0.05, 0.1) is 10.6 Å². The Bertz CT molecular complexity index is 1220. The van der Waals surface area contributed by atoms with Crippen molar-refractivity contribution in [2.75, 3.05) is 0 Å². The smallest absolute Gasteiger partial charge is 0.339 e. The summed E-state index contributed by atoms with van der Waals surface area (Å²) >= 11 is 1.21. The maximum absolute atomic E-state index is 12.4. The van der Waals surface area contributed by atoms with Crippen LogP contribution in [0, 0.1) is 6.92 Å². The van der Waals surface area contributed by atoms with Crippen molar-refractivity contribution >= 4 is 40.6 Å². The van der Waals surface area contributed by atoms with Crippen LogP contribution in [0.5, 0.6) is 5.75 Å². The molecule has 1 aliphatic rings. The van der Waals surface area contributed by atoms with E-state index in [0.717, 1.165) is 16.8 Å². The number of carboxylic acids is 1. The van der Waals surface area contributed by atoms with Gasteiger partial charge in [-0.05, 0) is 60.2 Å². The summed E-state index contributed by atoms with van der Waals surface area (Å²) in [4.78, 5) is 29.0. The summed E-state index contributed by atoms with van der Waals surface area (Å²) in [6, 6.07) is 22.0. The van der Waals surface area contributed by atoms with Crippen LogP contribution in [0.4, 0.5) is 5.69 Å². The van der Waals surface area contributed by atoms with Crippen molar-refractivity contribution in [3.05, 3.63) is 100.0 Å². The van der Waals surface area contributed by atoms with Gasteiger partial charge in [0.25, 0.3) is 5.91 Å². The van der Waals surface area contributed by atoms with Crippen molar-refractivity contribution in [2.24, 2.45) is 4.99 Å². The molecule has 1 amide bonds. The van der Waals surface area contributed by atoms with Crippen LogP contribution in [-0.2, 0) is 11.4 Å². The first-order valence-corrected chi connectivity index (χ1v) is 10.7. The van der Waals surface area contributed by atoms with Gasteiger partial charge in [0.2, 0.25) is 0 Å². The Kier molecular flexibility index (Phi) is 6.37. The van der Waals surface area contributed by atoms with Crippen molar-refractivity contribution in [3.8, 4) is 5.75 Å². The van der Waals surface area contributed by atoms with Gasteiger partial charge in [-0.2, -0.15) is 0 Å². The molecule has 0 saturated carbocycles. The van der Waals surface area contributed by atoms with Crippen molar-refractivity contribution in [3.63, 3.8) is 0 Å². The number of benzene rings is 3. The molecule has 6 nitrogen and oxygen atoms in total. The van der Waals surface area contributed by atoms with E-state index in [1.807, 2.05) is 61.5 Å². The minimum Gasteiger partial charge on any atom is -0.488 e. The van der Waals surface area contributed by atoms with Crippen LogP contribution in [0.2, 0.25) is 0 Å². The molecule has 3 aromatic carbocycles. The van der Waals surface area contributed by atoms with Crippen LogP contribution in [0.25, 0.3) is 6.08 Å². The van der Waals surface area contributed by atoms with Gasteiger partial charge in [-0.1, -0.05) is 54.1 Å². The minimum atomic E-state index is -1.10. The Labute approximate surface area is 189 Å². The van der Waals surface area contributed by atoms with Gasteiger partial charge >= 0.3 is 5.97 Å². The third kappa shape index (κ3) is 5.25. The van der Waals surface area contributed by atoms with Gasteiger partial charge < -0.3 is 15.2 Å². The Morgan fingerprint density at radius 2 is 1.84 bits per heavy atom. The third-order valence-electron chi connectivity index (χ3n) is 4.68. The lowest BCUT2D eigenvalue weighted by Crippen LogP contribution is -2.19. The first-order chi connectivity index (χ1) is 15.5. The highest BCUT2D eigenvalue weighted by molar-refractivity contribution is 8.18. The van der Waals surface area contributed by atoms with Gasteiger partial charge in [0.1, 0.15) is 17.9 Å². The van der Waals surface area contributed by atoms with Gasteiger partial charge in [-0.25, -0.2) is 9.79 Å². The number of carbonyl (C=O) groups excluding carboxylic acids is 1. The lowest BCUT2D eigenvalue weighted by atomic mass is 10.1. The first kappa shape index (κ1) is 21.4. The number of aryl methyl sites for hydroxylation is 1. The zero-order valence-corrected chi connectivity index (χ0v) is 18.1. The molecule has 0 aliphatic carbocycles. The van der Waals surface area contributed by atoms with E-state index in [9.17, 15) is 14.7 Å². The Morgan fingerprint density at radius 1 is 1.09 bits per heavy atom.